The Morgan fingerprint density at radius 3 is 2.60 bits per heavy atom. The molecule has 0 N–H and O–H groups in total. The number of amides is 1. The number of carbonyl (C=O) groups excluding carboxylic acids is 2. The summed E-state index contributed by atoms with van der Waals surface area (Å²) in [5.74, 6) is 0.316. The SMILES string of the molecule is O=C(c1ccc(N2CCCC2=O)cc1)C1CCCOC1. The first-order valence-electron chi connectivity index (χ1n) is 7.28. The van der Waals surface area contributed by atoms with Crippen molar-refractivity contribution < 1.29 is 14.3 Å². The smallest absolute Gasteiger partial charge is 0.227 e. The van der Waals surface area contributed by atoms with Gasteiger partial charge in [-0.25, -0.2) is 0 Å². The lowest BCUT2D eigenvalue weighted by Gasteiger charge is -2.21. The second-order valence-corrected chi connectivity index (χ2v) is 5.47. The van der Waals surface area contributed by atoms with Crippen LogP contribution in [0, 0.1) is 5.92 Å². The van der Waals surface area contributed by atoms with Crippen molar-refractivity contribution >= 4 is 17.4 Å². The van der Waals surface area contributed by atoms with Crippen molar-refractivity contribution in [3.63, 3.8) is 0 Å². The van der Waals surface area contributed by atoms with Gasteiger partial charge < -0.3 is 9.64 Å². The summed E-state index contributed by atoms with van der Waals surface area (Å²) in [7, 11) is 0. The van der Waals surface area contributed by atoms with E-state index in [0.717, 1.165) is 43.7 Å². The fourth-order valence-electron chi connectivity index (χ4n) is 2.91. The highest BCUT2D eigenvalue weighted by Crippen LogP contribution is 2.24. The maximum absolute atomic E-state index is 12.3. The van der Waals surface area contributed by atoms with Crippen LogP contribution < -0.4 is 4.90 Å². The van der Waals surface area contributed by atoms with Gasteiger partial charge in [-0.05, 0) is 43.5 Å². The first kappa shape index (κ1) is 13.3. The Bertz CT molecular complexity index is 503. The Balaban J connectivity index is 1.72. The predicted octanol–water partition coefficient (Wildman–Crippen LogP) is 2.42. The van der Waals surface area contributed by atoms with Crippen molar-refractivity contribution in [2.24, 2.45) is 5.92 Å². The van der Waals surface area contributed by atoms with Crippen LogP contribution in [-0.4, -0.2) is 31.4 Å². The van der Waals surface area contributed by atoms with Crippen LogP contribution in [-0.2, 0) is 9.53 Å². The lowest BCUT2D eigenvalue weighted by Crippen LogP contribution is -2.26. The maximum Gasteiger partial charge on any atom is 0.227 e. The fourth-order valence-corrected chi connectivity index (χ4v) is 2.91. The molecule has 3 rings (SSSR count). The molecule has 0 aromatic heterocycles. The van der Waals surface area contributed by atoms with Crippen molar-refractivity contribution in [3.05, 3.63) is 29.8 Å². The molecular formula is C16H19NO3. The highest BCUT2D eigenvalue weighted by molar-refractivity contribution is 5.99. The molecule has 0 spiro atoms. The summed E-state index contributed by atoms with van der Waals surface area (Å²) >= 11 is 0. The molecule has 1 atom stereocenters. The van der Waals surface area contributed by atoms with Gasteiger partial charge in [-0.1, -0.05) is 0 Å². The van der Waals surface area contributed by atoms with E-state index >= 15 is 0 Å². The van der Waals surface area contributed by atoms with E-state index in [1.54, 1.807) is 4.90 Å². The minimum atomic E-state index is -0.0111. The van der Waals surface area contributed by atoms with Gasteiger partial charge in [0.2, 0.25) is 5.91 Å². The Hall–Kier alpha value is -1.68. The van der Waals surface area contributed by atoms with Gasteiger partial charge in [-0.2, -0.15) is 0 Å². The van der Waals surface area contributed by atoms with Crippen LogP contribution in [0.5, 0.6) is 0 Å². The molecule has 1 amide bonds. The zero-order chi connectivity index (χ0) is 13.9. The summed E-state index contributed by atoms with van der Waals surface area (Å²) in [4.78, 5) is 25.8. The summed E-state index contributed by atoms with van der Waals surface area (Å²) < 4.78 is 5.37. The van der Waals surface area contributed by atoms with E-state index in [2.05, 4.69) is 0 Å². The van der Waals surface area contributed by atoms with Crippen LogP contribution in [0.2, 0.25) is 0 Å². The first-order valence-corrected chi connectivity index (χ1v) is 7.28. The van der Waals surface area contributed by atoms with Crippen LogP contribution in [0.4, 0.5) is 5.69 Å². The highest BCUT2D eigenvalue weighted by atomic mass is 16.5. The topological polar surface area (TPSA) is 46.6 Å². The van der Waals surface area contributed by atoms with E-state index in [1.165, 1.54) is 0 Å². The van der Waals surface area contributed by atoms with Gasteiger partial charge in [-0.15, -0.1) is 0 Å². The average molecular weight is 273 g/mol. The third-order valence-electron chi connectivity index (χ3n) is 4.07. The Kier molecular flexibility index (Phi) is 3.83. The van der Waals surface area contributed by atoms with Crippen LogP contribution >= 0.6 is 0 Å². The van der Waals surface area contributed by atoms with Gasteiger partial charge in [0.1, 0.15) is 0 Å². The summed E-state index contributed by atoms with van der Waals surface area (Å²) in [5.41, 5.74) is 1.61. The summed E-state index contributed by atoms with van der Waals surface area (Å²) in [5, 5.41) is 0. The molecule has 2 saturated heterocycles. The zero-order valence-corrected chi connectivity index (χ0v) is 11.5. The molecule has 0 radical (unpaired) electrons. The molecular weight excluding hydrogens is 254 g/mol. The number of hydrogen-bond acceptors (Lipinski definition) is 3. The molecule has 0 saturated carbocycles. The number of hydrogen-bond donors (Lipinski definition) is 0. The Morgan fingerprint density at radius 2 is 2.00 bits per heavy atom. The standard InChI is InChI=1S/C16H19NO3/c18-15-4-1-9-17(15)14-7-5-12(6-8-14)16(19)13-3-2-10-20-11-13/h5-8,13H,1-4,9-11H2. The number of anilines is 1. The highest BCUT2D eigenvalue weighted by Gasteiger charge is 2.24. The lowest BCUT2D eigenvalue weighted by molar-refractivity contribution is -0.117. The number of ether oxygens (including phenoxy) is 1. The van der Waals surface area contributed by atoms with Crippen molar-refractivity contribution in [3.8, 4) is 0 Å². The summed E-state index contributed by atoms with van der Waals surface area (Å²) in [6.45, 7) is 2.08. The van der Waals surface area contributed by atoms with E-state index in [4.69, 9.17) is 4.74 Å². The third-order valence-corrected chi connectivity index (χ3v) is 4.07. The third kappa shape index (κ3) is 2.61. The molecule has 106 valence electrons. The molecule has 20 heavy (non-hydrogen) atoms. The van der Waals surface area contributed by atoms with E-state index in [9.17, 15) is 9.59 Å². The molecule has 0 aliphatic carbocycles. The monoisotopic (exact) mass is 273 g/mol. The summed E-state index contributed by atoms with van der Waals surface area (Å²) in [6, 6.07) is 7.41. The number of rotatable bonds is 3. The van der Waals surface area contributed by atoms with Crippen molar-refractivity contribution in [1.82, 2.24) is 0 Å². The second kappa shape index (κ2) is 5.75. The number of carbonyl (C=O) groups is 2. The lowest BCUT2D eigenvalue weighted by atomic mass is 9.92. The quantitative estimate of drug-likeness (QED) is 0.795. The van der Waals surface area contributed by atoms with E-state index in [0.29, 0.717) is 13.0 Å². The number of nitrogens with zero attached hydrogens (tertiary/aromatic N) is 1. The van der Waals surface area contributed by atoms with E-state index in [1.807, 2.05) is 24.3 Å². The van der Waals surface area contributed by atoms with Gasteiger partial charge in [0.25, 0.3) is 0 Å². The molecule has 1 unspecified atom stereocenters. The van der Waals surface area contributed by atoms with Crippen LogP contribution in [0.25, 0.3) is 0 Å². The van der Waals surface area contributed by atoms with Gasteiger partial charge in [0.05, 0.1) is 6.61 Å². The largest absolute Gasteiger partial charge is 0.381 e. The number of benzene rings is 1. The predicted molar refractivity (Wildman–Crippen MR) is 75.9 cm³/mol. The maximum atomic E-state index is 12.3. The molecule has 2 aliphatic rings. The van der Waals surface area contributed by atoms with Crippen molar-refractivity contribution in [2.75, 3.05) is 24.7 Å². The minimum absolute atomic E-state index is 0.0111. The van der Waals surface area contributed by atoms with E-state index < -0.39 is 0 Å². The van der Waals surface area contributed by atoms with Crippen molar-refractivity contribution in [2.45, 2.75) is 25.7 Å². The molecule has 4 nitrogen and oxygen atoms in total. The molecule has 2 aliphatic heterocycles. The van der Waals surface area contributed by atoms with Gasteiger partial charge in [0.15, 0.2) is 5.78 Å². The summed E-state index contributed by atoms with van der Waals surface area (Å²) in [6.07, 6.45) is 3.40. The van der Waals surface area contributed by atoms with Gasteiger partial charge >= 0.3 is 0 Å². The van der Waals surface area contributed by atoms with Crippen LogP contribution in [0.3, 0.4) is 0 Å². The van der Waals surface area contributed by atoms with Gasteiger partial charge in [0, 0.05) is 36.7 Å². The molecule has 0 bridgehead atoms. The molecule has 4 heteroatoms. The molecule has 1 aromatic carbocycles. The van der Waals surface area contributed by atoms with Crippen LogP contribution in [0.15, 0.2) is 24.3 Å². The molecule has 2 fully saturated rings. The average Bonchev–Trinajstić information content (AvgIpc) is 2.94. The van der Waals surface area contributed by atoms with Crippen LogP contribution in [0.1, 0.15) is 36.0 Å². The fraction of sp³-hybridized carbons (Fsp3) is 0.500. The number of ketones is 1. The second-order valence-electron chi connectivity index (χ2n) is 5.47. The Morgan fingerprint density at radius 1 is 1.20 bits per heavy atom. The molecule has 1 aromatic rings. The van der Waals surface area contributed by atoms with Gasteiger partial charge in [-0.3, -0.25) is 9.59 Å². The normalized spacial score (nSPS) is 23.1. The van der Waals surface area contributed by atoms with E-state index in [-0.39, 0.29) is 17.6 Å². The zero-order valence-electron chi connectivity index (χ0n) is 11.5. The molecule has 2 heterocycles. The Labute approximate surface area is 118 Å². The minimum Gasteiger partial charge on any atom is -0.381 e. The van der Waals surface area contributed by atoms with Crippen molar-refractivity contribution in [1.29, 1.82) is 0 Å². The number of Topliss-reactive ketones (excluding diaryl/α,β-unsaturated/α-hetero) is 1. The first-order chi connectivity index (χ1) is 9.75.